The van der Waals surface area contributed by atoms with Crippen LogP contribution in [-0.2, 0) is 4.79 Å². The molecule has 1 amide bonds. The first kappa shape index (κ1) is 22.7. The van der Waals surface area contributed by atoms with Gasteiger partial charge in [0.2, 0.25) is 5.91 Å². The fourth-order valence-corrected chi connectivity index (χ4v) is 5.14. The summed E-state index contributed by atoms with van der Waals surface area (Å²) in [5.41, 5.74) is 3.36. The fourth-order valence-electron chi connectivity index (χ4n) is 2.85. The highest BCUT2D eigenvalue weighted by Crippen LogP contribution is 2.32. The zero-order valence-electron chi connectivity index (χ0n) is 16.7. The van der Waals surface area contributed by atoms with Gasteiger partial charge in [0, 0.05) is 22.5 Å². The van der Waals surface area contributed by atoms with Crippen LogP contribution in [0, 0.1) is 12.7 Å². The van der Waals surface area contributed by atoms with E-state index in [1.54, 1.807) is 30.3 Å². The number of nitrogens with zero attached hydrogens (tertiary/aromatic N) is 2. The van der Waals surface area contributed by atoms with Crippen molar-refractivity contribution in [2.75, 3.05) is 11.1 Å². The predicted octanol–water partition coefficient (Wildman–Crippen LogP) is 7.53. The third-order valence-corrected chi connectivity index (χ3v) is 7.22. The standard InChI is InChI=1S/C23H16Cl2FN3OS2/c1-13-5-6-14(24)9-20(13)28-22(30)12-31-23-29-19-8-7-15(10-21(19)32-23)27-11-16-17(25)3-2-4-18(16)26/h2-11H,12H2,1H3,(H,28,30). The quantitative estimate of drug-likeness (QED) is 0.218. The average Bonchev–Trinajstić information content (AvgIpc) is 3.17. The topological polar surface area (TPSA) is 54.4 Å². The first-order valence-electron chi connectivity index (χ1n) is 9.46. The van der Waals surface area contributed by atoms with Gasteiger partial charge >= 0.3 is 0 Å². The Kier molecular flexibility index (Phi) is 7.10. The molecule has 162 valence electrons. The highest BCUT2D eigenvalue weighted by molar-refractivity contribution is 8.01. The number of benzene rings is 3. The molecule has 1 aromatic heterocycles. The molecule has 4 aromatic rings. The Bertz CT molecular complexity index is 1320. The second-order valence-electron chi connectivity index (χ2n) is 6.82. The van der Waals surface area contributed by atoms with Crippen LogP contribution >= 0.6 is 46.3 Å². The van der Waals surface area contributed by atoms with Gasteiger partial charge in [0.1, 0.15) is 5.82 Å². The Hall–Kier alpha value is -2.45. The zero-order chi connectivity index (χ0) is 22.7. The summed E-state index contributed by atoms with van der Waals surface area (Å²) in [7, 11) is 0. The molecule has 1 heterocycles. The summed E-state index contributed by atoms with van der Waals surface area (Å²) in [6.07, 6.45) is 1.41. The lowest BCUT2D eigenvalue weighted by Crippen LogP contribution is -2.14. The number of amides is 1. The van der Waals surface area contributed by atoms with E-state index in [0.29, 0.717) is 21.4 Å². The van der Waals surface area contributed by atoms with Gasteiger partial charge in [-0.2, -0.15) is 0 Å². The van der Waals surface area contributed by atoms with Crippen molar-refractivity contribution < 1.29 is 9.18 Å². The van der Waals surface area contributed by atoms with E-state index in [4.69, 9.17) is 23.2 Å². The largest absolute Gasteiger partial charge is 0.325 e. The minimum absolute atomic E-state index is 0.133. The number of aromatic nitrogens is 1. The molecule has 4 rings (SSSR count). The smallest absolute Gasteiger partial charge is 0.234 e. The molecule has 0 atom stereocenters. The van der Waals surface area contributed by atoms with E-state index in [-0.39, 0.29) is 17.2 Å². The van der Waals surface area contributed by atoms with E-state index in [0.717, 1.165) is 20.1 Å². The van der Waals surface area contributed by atoms with Crippen LogP contribution in [-0.4, -0.2) is 22.9 Å². The Labute approximate surface area is 202 Å². The van der Waals surface area contributed by atoms with Crippen molar-refractivity contribution >= 4 is 80.0 Å². The van der Waals surface area contributed by atoms with E-state index >= 15 is 0 Å². The number of aryl methyl sites for hydroxylation is 1. The number of rotatable bonds is 6. The van der Waals surface area contributed by atoms with Crippen LogP contribution in [0.1, 0.15) is 11.1 Å². The molecule has 0 spiro atoms. The Morgan fingerprint density at radius 2 is 2.06 bits per heavy atom. The fraction of sp³-hybridized carbons (Fsp3) is 0.0870. The van der Waals surface area contributed by atoms with Gasteiger partial charge in [-0.25, -0.2) is 9.37 Å². The summed E-state index contributed by atoms with van der Waals surface area (Å²) < 4.78 is 15.6. The summed E-state index contributed by atoms with van der Waals surface area (Å²) in [5, 5.41) is 3.75. The van der Waals surface area contributed by atoms with E-state index < -0.39 is 5.82 Å². The third kappa shape index (κ3) is 5.48. The molecule has 0 radical (unpaired) electrons. The van der Waals surface area contributed by atoms with Gasteiger partial charge in [0.05, 0.1) is 26.7 Å². The molecule has 0 fully saturated rings. The average molecular weight is 504 g/mol. The molecule has 0 aliphatic rings. The van der Waals surface area contributed by atoms with Gasteiger partial charge in [-0.1, -0.05) is 47.1 Å². The molecule has 1 N–H and O–H groups in total. The summed E-state index contributed by atoms with van der Waals surface area (Å²) in [6, 6.07) is 15.4. The van der Waals surface area contributed by atoms with Crippen LogP contribution < -0.4 is 5.32 Å². The number of fused-ring (bicyclic) bond motifs is 1. The number of nitrogens with one attached hydrogen (secondary N) is 1. The molecular weight excluding hydrogens is 488 g/mol. The van der Waals surface area contributed by atoms with Gasteiger partial charge < -0.3 is 5.32 Å². The maximum atomic E-state index is 13.9. The zero-order valence-corrected chi connectivity index (χ0v) is 19.9. The van der Waals surface area contributed by atoms with Crippen LogP contribution in [0.4, 0.5) is 15.8 Å². The molecule has 0 aliphatic heterocycles. The molecule has 0 saturated heterocycles. The van der Waals surface area contributed by atoms with Gasteiger partial charge in [0.15, 0.2) is 4.34 Å². The van der Waals surface area contributed by atoms with Crippen LogP contribution in [0.15, 0.2) is 63.9 Å². The highest BCUT2D eigenvalue weighted by atomic mass is 35.5. The normalized spacial score (nSPS) is 11.4. The predicted molar refractivity (Wildman–Crippen MR) is 134 cm³/mol. The summed E-state index contributed by atoms with van der Waals surface area (Å²) in [5.74, 6) is -0.334. The lowest BCUT2D eigenvalue weighted by atomic mass is 10.2. The molecular formula is C23H16Cl2FN3OS2. The number of carbonyl (C=O) groups is 1. The van der Waals surface area contributed by atoms with Crippen molar-refractivity contribution in [1.82, 2.24) is 4.98 Å². The molecule has 0 aliphatic carbocycles. The number of anilines is 1. The number of thiazole rings is 1. The van der Waals surface area contributed by atoms with Crippen molar-refractivity contribution in [3.05, 3.63) is 81.6 Å². The van der Waals surface area contributed by atoms with Crippen LogP contribution in [0.5, 0.6) is 0 Å². The van der Waals surface area contributed by atoms with E-state index in [1.165, 1.54) is 35.4 Å². The summed E-state index contributed by atoms with van der Waals surface area (Å²) >= 11 is 14.9. The summed E-state index contributed by atoms with van der Waals surface area (Å²) in [6.45, 7) is 1.91. The molecule has 0 unspecified atom stereocenters. The SMILES string of the molecule is Cc1ccc(Cl)cc1NC(=O)CSc1nc2ccc(N=Cc3c(F)cccc3Cl)cc2s1. The van der Waals surface area contributed by atoms with Crippen LogP contribution in [0.3, 0.4) is 0 Å². The molecule has 9 heteroatoms. The van der Waals surface area contributed by atoms with Gasteiger partial charge in [0.25, 0.3) is 0 Å². The molecule has 0 saturated carbocycles. The Morgan fingerprint density at radius 3 is 2.88 bits per heavy atom. The molecule has 32 heavy (non-hydrogen) atoms. The Morgan fingerprint density at radius 1 is 1.22 bits per heavy atom. The van der Waals surface area contributed by atoms with Crippen molar-refractivity contribution in [3.63, 3.8) is 0 Å². The maximum absolute atomic E-state index is 13.9. The first-order valence-corrected chi connectivity index (χ1v) is 12.0. The lowest BCUT2D eigenvalue weighted by Gasteiger charge is -2.08. The number of hydrogen-bond acceptors (Lipinski definition) is 5. The summed E-state index contributed by atoms with van der Waals surface area (Å²) in [4.78, 5) is 21.2. The minimum atomic E-state index is -0.426. The molecule has 3 aromatic carbocycles. The van der Waals surface area contributed by atoms with Crippen molar-refractivity contribution in [1.29, 1.82) is 0 Å². The van der Waals surface area contributed by atoms with E-state index in [9.17, 15) is 9.18 Å². The van der Waals surface area contributed by atoms with Gasteiger partial charge in [-0.05, 0) is 55.0 Å². The van der Waals surface area contributed by atoms with Gasteiger partial charge in [-0.3, -0.25) is 9.79 Å². The number of halogens is 3. The van der Waals surface area contributed by atoms with E-state index in [2.05, 4.69) is 15.3 Å². The second kappa shape index (κ2) is 10.0. The third-order valence-electron chi connectivity index (χ3n) is 4.50. The molecule has 0 bridgehead atoms. The minimum Gasteiger partial charge on any atom is -0.325 e. The van der Waals surface area contributed by atoms with Gasteiger partial charge in [-0.15, -0.1) is 11.3 Å². The number of aliphatic imine (C=N–C) groups is 1. The van der Waals surface area contributed by atoms with Crippen molar-refractivity contribution in [3.8, 4) is 0 Å². The molecule has 4 nitrogen and oxygen atoms in total. The monoisotopic (exact) mass is 503 g/mol. The highest BCUT2D eigenvalue weighted by Gasteiger charge is 2.10. The second-order valence-corrected chi connectivity index (χ2v) is 9.92. The first-order chi connectivity index (χ1) is 15.4. The van der Waals surface area contributed by atoms with Crippen LogP contribution in [0.25, 0.3) is 10.2 Å². The van der Waals surface area contributed by atoms with Crippen molar-refractivity contribution in [2.24, 2.45) is 4.99 Å². The van der Waals surface area contributed by atoms with E-state index in [1.807, 2.05) is 25.1 Å². The number of hydrogen-bond donors (Lipinski definition) is 1. The lowest BCUT2D eigenvalue weighted by molar-refractivity contribution is -0.113. The van der Waals surface area contributed by atoms with Crippen molar-refractivity contribution in [2.45, 2.75) is 11.3 Å². The number of thioether (sulfide) groups is 1. The maximum Gasteiger partial charge on any atom is 0.234 e. The Balaban J connectivity index is 1.43. The van der Waals surface area contributed by atoms with Crippen LogP contribution in [0.2, 0.25) is 10.0 Å². The number of carbonyl (C=O) groups excluding carboxylic acids is 1.